The van der Waals surface area contributed by atoms with Crippen LogP contribution in [-0.2, 0) is 0 Å². The number of amides is 2. The summed E-state index contributed by atoms with van der Waals surface area (Å²) in [5.74, 6) is -1.35. The first kappa shape index (κ1) is 11.0. The average Bonchev–Trinajstić information content (AvgIpc) is 3.13. The summed E-state index contributed by atoms with van der Waals surface area (Å²) < 4.78 is 0. The standard InChI is InChI=1S/C13H11NO4/c15-11-9-4-3-8(13(17)18)5-10(9)12(16)14(11)6-7-1-2-7/h3-5,7H,1-2,6H2,(H,17,18). The van der Waals surface area contributed by atoms with Crippen LogP contribution in [-0.4, -0.2) is 34.3 Å². The van der Waals surface area contributed by atoms with E-state index < -0.39 is 5.97 Å². The SMILES string of the molecule is O=C(O)c1ccc2c(c1)C(=O)N(CC1CC1)C2=O. The molecule has 0 unspecified atom stereocenters. The van der Waals surface area contributed by atoms with Gasteiger partial charge in [-0.25, -0.2) is 4.79 Å². The first-order chi connectivity index (χ1) is 8.58. The predicted octanol–water partition coefficient (Wildman–Crippen LogP) is 1.39. The summed E-state index contributed by atoms with van der Waals surface area (Å²) in [7, 11) is 0. The molecule has 1 saturated carbocycles. The number of carboxylic acid groups (broad SMARTS) is 1. The Labute approximate surface area is 103 Å². The van der Waals surface area contributed by atoms with Crippen LogP contribution in [0.5, 0.6) is 0 Å². The molecule has 1 aromatic rings. The number of nitrogens with zero attached hydrogens (tertiary/aromatic N) is 1. The lowest BCUT2D eigenvalue weighted by Crippen LogP contribution is -2.31. The van der Waals surface area contributed by atoms with Crippen LogP contribution in [0.1, 0.15) is 43.9 Å². The van der Waals surface area contributed by atoms with Crippen molar-refractivity contribution >= 4 is 17.8 Å². The number of rotatable bonds is 3. The van der Waals surface area contributed by atoms with Crippen LogP contribution in [0.25, 0.3) is 0 Å². The molecule has 0 saturated heterocycles. The molecular weight excluding hydrogens is 234 g/mol. The fraction of sp³-hybridized carbons (Fsp3) is 0.308. The highest BCUT2D eigenvalue weighted by Crippen LogP contribution is 2.33. The van der Waals surface area contributed by atoms with E-state index in [2.05, 4.69) is 0 Å². The van der Waals surface area contributed by atoms with Gasteiger partial charge < -0.3 is 5.11 Å². The van der Waals surface area contributed by atoms with Gasteiger partial charge in [0.05, 0.1) is 16.7 Å². The van der Waals surface area contributed by atoms with Gasteiger partial charge in [0.25, 0.3) is 11.8 Å². The molecule has 18 heavy (non-hydrogen) atoms. The van der Waals surface area contributed by atoms with Crippen molar-refractivity contribution in [1.82, 2.24) is 4.90 Å². The predicted molar refractivity (Wildman–Crippen MR) is 61.5 cm³/mol. The summed E-state index contributed by atoms with van der Waals surface area (Å²) in [6, 6.07) is 4.06. The lowest BCUT2D eigenvalue weighted by atomic mass is 10.1. The third-order valence-corrected chi connectivity index (χ3v) is 3.36. The molecule has 5 heteroatoms. The van der Waals surface area contributed by atoms with Crippen LogP contribution in [0.4, 0.5) is 0 Å². The lowest BCUT2D eigenvalue weighted by molar-refractivity contribution is 0.0645. The monoisotopic (exact) mass is 245 g/mol. The molecule has 0 aromatic heterocycles. The Bertz CT molecular complexity index is 574. The smallest absolute Gasteiger partial charge is 0.335 e. The molecule has 1 fully saturated rings. The number of hydrogen-bond acceptors (Lipinski definition) is 3. The molecule has 0 atom stereocenters. The highest BCUT2D eigenvalue weighted by Gasteiger charge is 2.39. The van der Waals surface area contributed by atoms with E-state index in [1.165, 1.54) is 23.1 Å². The number of carbonyl (C=O) groups is 3. The van der Waals surface area contributed by atoms with Gasteiger partial charge in [-0.2, -0.15) is 0 Å². The highest BCUT2D eigenvalue weighted by atomic mass is 16.4. The minimum Gasteiger partial charge on any atom is -0.478 e. The van der Waals surface area contributed by atoms with Gasteiger partial charge in [0.1, 0.15) is 0 Å². The Kier molecular flexibility index (Phi) is 2.23. The third kappa shape index (κ3) is 1.59. The number of carboxylic acids is 1. The molecule has 3 rings (SSSR count). The summed E-state index contributed by atoms with van der Waals surface area (Å²) in [6.45, 7) is 0.453. The molecule has 1 aliphatic carbocycles. The Balaban J connectivity index is 1.98. The third-order valence-electron chi connectivity index (χ3n) is 3.36. The fourth-order valence-corrected chi connectivity index (χ4v) is 2.15. The van der Waals surface area contributed by atoms with Gasteiger partial charge in [-0.1, -0.05) is 0 Å². The number of aromatic carboxylic acids is 1. The van der Waals surface area contributed by atoms with Crippen molar-refractivity contribution in [3.8, 4) is 0 Å². The topological polar surface area (TPSA) is 74.7 Å². The number of carbonyl (C=O) groups excluding carboxylic acids is 2. The van der Waals surface area contributed by atoms with Crippen molar-refractivity contribution < 1.29 is 19.5 Å². The van der Waals surface area contributed by atoms with E-state index in [9.17, 15) is 14.4 Å². The maximum Gasteiger partial charge on any atom is 0.335 e. The molecule has 0 bridgehead atoms. The van der Waals surface area contributed by atoms with Crippen molar-refractivity contribution in [2.45, 2.75) is 12.8 Å². The van der Waals surface area contributed by atoms with E-state index >= 15 is 0 Å². The molecule has 5 nitrogen and oxygen atoms in total. The largest absolute Gasteiger partial charge is 0.478 e. The summed E-state index contributed by atoms with van der Waals surface area (Å²) in [6.07, 6.45) is 2.10. The summed E-state index contributed by atoms with van der Waals surface area (Å²) >= 11 is 0. The molecule has 0 radical (unpaired) electrons. The maximum absolute atomic E-state index is 12.1. The minimum absolute atomic E-state index is 0.0307. The van der Waals surface area contributed by atoms with Crippen LogP contribution in [0.2, 0.25) is 0 Å². The van der Waals surface area contributed by atoms with E-state index in [0.29, 0.717) is 18.0 Å². The van der Waals surface area contributed by atoms with Gasteiger partial charge >= 0.3 is 5.97 Å². The molecule has 1 aromatic carbocycles. The van der Waals surface area contributed by atoms with E-state index in [1.807, 2.05) is 0 Å². The second kappa shape index (κ2) is 3.66. The zero-order valence-electron chi connectivity index (χ0n) is 9.55. The molecule has 92 valence electrons. The number of hydrogen-bond donors (Lipinski definition) is 1. The second-order valence-corrected chi connectivity index (χ2v) is 4.73. The van der Waals surface area contributed by atoms with Crippen LogP contribution < -0.4 is 0 Å². The van der Waals surface area contributed by atoms with Crippen LogP contribution >= 0.6 is 0 Å². The van der Waals surface area contributed by atoms with E-state index in [0.717, 1.165) is 12.8 Å². The molecule has 1 aliphatic heterocycles. The highest BCUT2D eigenvalue weighted by molar-refractivity contribution is 6.21. The Morgan fingerprint density at radius 1 is 1.22 bits per heavy atom. The maximum atomic E-state index is 12.1. The summed E-state index contributed by atoms with van der Waals surface area (Å²) in [4.78, 5) is 36.1. The minimum atomic E-state index is -1.10. The molecule has 0 spiro atoms. The molecule has 2 aliphatic rings. The van der Waals surface area contributed by atoms with Crippen molar-refractivity contribution in [3.05, 3.63) is 34.9 Å². The van der Waals surface area contributed by atoms with Gasteiger partial charge in [0.15, 0.2) is 0 Å². The first-order valence-corrected chi connectivity index (χ1v) is 5.81. The number of imide groups is 1. The fourth-order valence-electron chi connectivity index (χ4n) is 2.15. The van der Waals surface area contributed by atoms with Crippen molar-refractivity contribution in [1.29, 1.82) is 0 Å². The molecule has 1 N–H and O–H groups in total. The van der Waals surface area contributed by atoms with Gasteiger partial charge in [-0.3, -0.25) is 14.5 Å². The van der Waals surface area contributed by atoms with E-state index in [1.54, 1.807) is 0 Å². The quantitative estimate of drug-likeness (QED) is 0.816. The van der Waals surface area contributed by atoms with Crippen LogP contribution in [0.3, 0.4) is 0 Å². The summed E-state index contributed by atoms with van der Waals surface area (Å²) in [5.41, 5.74) is 0.550. The van der Waals surface area contributed by atoms with Gasteiger partial charge in [0.2, 0.25) is 0 Å². The van der Waals surface area contributed by atoms with E-state index in [-0.39, 0.29) is 22.9 Å². The van der Waals surface area contributed by atoms with Crippen molar-refractivity contribution in [2.24, 2.45) is 5.92 Å². The van der Waals surface area contributed by atoms with Gasteiger partial charge in [-0.05, 0) is 37.0 Å². The second-order valence-electron chi connectivity index (χ2n) is 4.73. The lowest BCUT2D eigenvalue weighted by Gasteiger charge is -2.12. The summed E-state index contributed by atoms with van der Waals surface area (Å²) in [5, 5.41) is 8.88. The van der Waals surface area contributed by atoms with Crippen molar-refractivity contribution in [2.75, 3.05) is 6.54 Å². The zero-order valence-corrected chi connectivity index (χ0v) is 9.55. The van der Waals surface area contributed by atoms with Gasteiger partial charge in [0, 0.05) is 6.54 Å². The molecule has 2 amide bonds. The van der Waals surface area contributed by atoms with Crippen LogP contribution in [0, 0.1) is 5.92 Å². The Morgan fingerprint density at radius 3 is 2.50 bits per heavy atom. The van der Waals surface area contributed by atoms with Gasteiger partial charge in [-0.15, -0.1) is 0 Å². The molecular formula is C13H11NO4. The zero-order chi connectivity index (χ0) is 12.9. The number of benzene rings is 1. The van der Waals surface area contributed by atoms with Crippen molar-refractivity contribution in [3.63, 3.8) is 0 Å². The first-order valence-electron chi connectivity index (χ1n) is 5.81. The normalized spacial score (nSPS) is 18.1. The average molecular weight is 245 g/mol. The Hall–Kier alpha value is -2.17. The van der Waals surface area contributed by atoms with Crippen LogP contribution in [0.15, 0.2) is 18.2 Å². The van der Waals surface area contributed by atoms with E-state index in [4.69, 9.17) is 5.11 Å². The Morgan fingerprint density at radius 2 is 1.89 bits per heavy atom. The number of fused-ring (bicyclic) bond motifs is 1. The molecule has 1 heterocycles.